The Kier molecular flexibility index (Phi) is 1.51. The topological polar surface area (TPSA) is 12.9 Å². The van der Waals surface area contributed by atoms with Crippen LogP contribution in [0.2, 0.25) is 0 Å². The van der Waals surface area contributed by atoms with Gasteiger partial charge in [0, 0.05) is 17.8 Å². The third-order valence-corrected chi connectivity index (χ3v) is 2.55. The highest BCUT2D eigenvalue weighted by Gasteiger charge is 1.97. The van der Waals surface area contributed by atoms with E-state index in [0.717, 1.165) is 0 Å². The summed E-state index contributed by atoms with van der Waals surface area (Å²) in [6.07, 6.45) is 3.75. The van der Waals surface area contributed by atoms with E-state index < -0.39 is 0 Å². The lowest BCUT2D eigenvalue weighted by molar-refractivity contribution is 1.37. The Morgan fingerprint density at radius 3 is 2.50 bits per heavy atom. The zero-order chi connectivity index (χ0) is 9.38. The maximum Gasteiger partial charge on any atom is 0.0346 e. The molecule has 1 heterocycles. The Balaban J connectivity index is 2.61. The molecule has 66 valence electrons. The third kappa shape index (κ3) is 0.990. The van der Waals surface area contributed by atoms with E-state index in [1.165, 1.54) is 21.5 Å². The average molecular weight is 179 g/mol. The van der Waals surface area contributed by atoms with Crippen LogP contribution >= 0.6 is 0 Å². The van der Waals surface area contributed by atoms with Gasteiger partial charge in [0.15, 0.2) is 0 Å². The standard InChI is InChI=1S/C13H9N/c1-2-4-12-10(3-1)5-6-11-9-14-8-7-13(11)12/h1-9H. The minimum Gasteiger partial charge on any atom is -0.264 e. The SMILES string of the molecule is c1ccc2c(c1)ccc1cnccc12. The van der Waals surface area contributed by atoms with Crippen molar-refractivity contribution < 1.29 is 0 Å². The molecule has 0 radical (unpaired) electrons. The lowest BCUT2D eigenvalue weighted by Crippen LogP contribution is -1.77. The summed E-state index contributed by atoms with van der Waals surface area (Å²) in [7, 11) is 0. The Morgan fingerprint density at radius 1 is 0.714 bits per heavy atom. The fraction of sp³-hybridized carbons (Fsp3) is 0. The Hall–Kier alpha value is -1.89. The molecular weight excluding hydrogens is 170 g/mol. The summed E-state index contributed by atoms with van der Waals surface area (Å²) >= 11 is 0. The predicted octanol–water partition coefficient (Wildman–Crippen LogP) is 3.39. The molecule has 0 saturated heterocycles. The third-order valence-electron chi connectivity index (χ3n) is 2.55. The van der Waals surface area contributed by atoms with Crippen LogP contribution in [-0.2, 0) is 0 Å². The van der Waals surface area contributed by atoms with Crippen molar-refractivity contribution in [3.8, 4) is 0 Å². The molecule has 0 aliphatic heterocycles. The second-order valence-corrected chi connectivity index (χ2v) is 3.38. The first-order valence-corrected chi connectivity index (χ1v) is 4.67. The van der Waals surface area contributed by atoms with E-state index in [1.807, 2.05) is 12.4 Å². The summed E-state index contributed by atoms with van der Waals surface area (Å²) in [5, 5.41) is 5.06. The molecule has 3 rings (SSSR count). The fourth-order valence-corrected chi connectivity index (χ4v) is 1.85. The predicted molar refractivity (Wildman–Crippen MR) is 59.2 cm³/mol. The van der Waals surface area contributed by atoms with E-state index in [9.17, 15) is 0 Å². The summed E-state index contributed by atoms with van der Waals surface area (Å²) in [6.45, 7) is 0. The molecule has 0 N–H and O–H groups in total. The van der Waals surface area contributed by atoms with Crippen molar-refractivity contribution in [2.75, 3.05) is 0 Å². The second-order valence-electron chi connectivity index (χ2n) is 3.38. The molecule has 0 saturated carbocycles. The first-order valence-electron chi connectivity index (χ1n) is 4.67. The van der Waals surface area contributed by atoms with Crippen molar-refractivity contribution in [2.45, 2.75) is 0 Å². The van der Waals surface area contributed by atoms with Crippen LogP contribution in [-0.4, -0.2) is 4.98 Å². The van der Waals surface area contributed by atoms with Crippen LogP contribution in [0.5, 0.6) is 0 Å². The Bertz CT molecular complexity index is 544. The molecule has 0 atom stereocenters. The van der Waals surface area contributed by atoms with Gasteiger partial charge < -0.3 is 0 Å². The minimum absolute atomic E-state index is 1.20. The first-order chi connectivity index (χ1) is 6.95. The molecule has 0 aliphatic carbocycles. The molecule has 0 unspecified atom stereocenters. The zero-order valence-corrected chi connectivity index (χ0v) is 7.64. The van der Waals surface area contributed by atoms with Gasteiger partial charge in [0.1, 0.15) is 0 Å². The number of fused-ring (bicyclic) bond motifs is 3. The summed E-state index contributed by atoms with van der Waals surface area (Å²) in [5.74, 6) is 0. The zero-order valence-electron chi connectivity index (χ0n) is 7.64. The van der Waals surface area contributed by atoms with Crippen molar-refractivity contribution in [2.24, 2.45) is 0 Å². The maximum atomic E-state index is 4.12. The van der Waals surface area contributed by atoms with Gasteiger partial charge in [0.05, 0.1) is 0 Å². The van der Waals surface area contributed by atoms with Gasteiger partial charge in [-0.3, -0.25) is 4.98 Å². The van der Waals surface area contributed by atoms with Crippen LogP contribution < -0.4 is 0 Å². The van der Waals surface area contributed by atoms with E-state index in [0.29, 0.717) is 0 Å². The van der Waals surface area contributed by atoms with E-state index >= 15 is 0 Å². The Morgan fingerprint density at radius 2 is 1.50 bits per heavy atom. The molecule has 0 aliphatic rings. The van der Waals surface area contributed by atoms with Crippen molar-refractivity contribution in [1.29, 1.82) is 0 Å². The number of aromatic nitrogens is 1. The molecular formula is C13H9N. The van der Waals surface area contributed by atoms with Crippen molar-refractivity contribution in [3.63, 3.8) is 0 Å². The number of benzene rings is 2. The highest BCUT2D eigenvalue weighted by atomic mass is 14.6. The minimum atomic E-state index is 1.20. The van der Waals surface area contributed by atoms with Crippen LogP contribution in [0.1, 0.15) is 0 Å². The van der Waals surface area contributed by atoms with Gasteiger partial charge in [-0.25, -0.2) is 0 Å². The van der Waals surface area contributed by atoms with Crippen LogP contribution in [0, 0.1) is 0 Å². The van der Waals surface area contributed by atoms with Gasteiger partial charge in [0.25, 0.3) is 0 Å². The molecule has 3 aromatic rings. The van der Waals surface area contributed by atoms with E-state index in [4.69, 9.17) is 0 Å². The van der Waals surface area contributed by atoms with Gasteiger partial charge >= 0.3 is 0 Å². The number of hydrogen-bond acceptors (Lipinski definition) is 1. The molecule has 1 nitrogen and oxygen atoms in total. The maximum absolute atomic E-state index is 4.12. The molecule has 1 heteroatoms. The summed E-state index contributed by atoms with van der Waals surface area (Å²) in [5.41, 5.74) is 0. The van der Waals surface area contributed by atoms with Crippen molar-refractivity contribution >= 4 is 21.5 Å². The van der Waals surface area contributed by atoms with E-state index in [2.05, 4.69) is 47.4 Å². The number of nitrogens with zero attached hydrogens (tertiary/aromatic N) is 1. The largest absolute Gasteiger partial charge is 0.264 e. The summed E-state index contributed by atoms with van der Waals surface area (Å²) in [6, 6.07) is 14.7. The molecule has 0 spiro atoms. The molecule has 0 fully saturated rings. The summed E-state index contributed by atoms with van der Waals surface area (Å²) in [4.78, 5) is 4.12. The van der Waals surface area contributed by atoms with Crippen molar-refractivity contribution in [3.05, 3.63) is 54.9 Å². The number of hydrogen-bond donors (Lipinski definition) is 0. The molecule has 1 aromatic heterocycles. The van der Waals surface area contributed by atoms with Crippen LogP contribution in [0.3, 0.4) is 0 Å². The van der Waals surface area contributed by atoms with E-state index in [1.54, 1.807) is 0 Å². The Labute approximate surface area is 82.0 Å². The van der Waals surface area contributed by atoms with Gasteiger partial charge in [-0.05, 0) is 22.2 Å². The smallest absolute Gasteiger partial charge is 0.0346 e. The van der Waals surface area contributed by atoms with Crippen LogP contribution in [0.25, 0.3) is 21.5 Å². The molecule has 2 aromatic carbocycles. The summed E-state index contributed by atoms with van der Waals surface area (Å²) < 4.78 is 0. The average Bonchev–Trinajstić information content (AvgIpc) is 2.29. The van der Waals surface area contributed by atoms with Gasteiger partial charge in [-0.2, -0.15) is 0 Å². The monoisotopic (exact) mass is 179 g/mol. The second kappa shape index (κ2) is 2.81. The quantitative estimate of drug-likeness (QED) is 0.482. The lowest BCUT2D eigenvalue weighted by atomic mass is 10.0. The highest BCUT2D eigenvalue weighted by molar-refractivity contribution is 6.06. The normalized spacial score (nSPS) is 10.9. The van der Waals surface area contributed by atoms with Gasteiger partial charge in [-0.15, -0.1) is 0 Å². The number of pyridine rings is 1. The molecule has 0 amide bonds. The first kappa shape index (κ1) is 7.51. The van der Waals surface area contributed by atoms with Gasteiger partial charge in [-0.1, -0.05) is 36.4 Å². The lowest BCUT2D eigenvalue weighted by Gasteiger charge is -2.01. The fourth-order valence-electron chi connectivity index (χ4n) is 1.85. The number of rotatable bonds is 0. The van der Waals surface area contributed by atoms with E-state index in [-0.39, 0.29) is 0 Å². The molecule has 14 heavy (non-hydrogen) atoms. The van der Waals surface area contributed by atoms with Gasteiger partial charge in [0.2, 0.25) is 0 Å². The van der Waals surface area contributed by atoms with Crippen molar-refractivity contribution in [1.82, 2.24) is 4.98 Å². The van der Waals surface area contributed by atoms with Crippen LogP contribution in [0.4, 0.5) is 0 Å². The molecule has 0 bridgehead atoms. The highest BCUT2D eigenvalue weighted by Crippen LogP contribution is 2.23. The van der Waals surface area contributed by atoms with Crippen LogP contribution in [0.15, 0.2) is 54.9 Å².